The highest BCUT2D eigenvalue weighted by molar-refractivity contribution is 7.98. The minimum atomic E-state index is -0.484. The van der Waals surface area contributed by atoms with Crippen molar-refractivity contribution < 1.29 is 4.39 Å². The van der Waals surface area contributed by atoms with Gasteiger partial charge in [-0.25, -0.2) is 9.07 Å². The van der Waals surface area contributed by atoms with Crippen LogP contribution in [0.25, 0.3) is 16.7 Å². The number of benzene rings is 3. The summed E-state index contributed by atoms with van der Waals surface area (Å²) in [6, 6.07) is 25.4. The van der Waals surface area contributed by atoms with E-state index in [2.05, 4.69) is 15.4 Å². The van der Waals surface area contributed by atoms with Crippen molar-refractivity contribution in [3.63, 3.8) is 0 Å². The van der Waals surface area contributed by atoms with Crippen LogP contribution in [0.1, 0.15) is 5.56 Å². The van der Waals surface area contributed by atoms with Gasteiger partial charge in [-0.05, 0) is 29.8 Å². The number of anilines is 2. The summed E-state index contributed by atoms with van der Waals surface area (Å²) in [6.45, 7) is 0. The van der Waals surface area contributed by atoms with Gasteiger partial charge < -0.3 is 11.2 Å². The summed E-state index contributed by atoms with van der Waals surface area (Å²) in [5.41, 5.74) is 1.86. The summed E-state index contributed by atoms with van der Waals surface area (Å²) < 4.78 is 16.7. The maximum absolute atomic E-state index is 14.2. The molecule has 7 nitrogen and oxygen atoms in total. The molecule has 3 N–H and O–H groups in total. The van der Waals surface area contributed by atoms with Gasteiger partial charge in [-0.15, -0.1) is 0 Å². The van der Waals surface area contributed by atoms with Crippen molar-refractivity contribution >= 4 is 34.4 Å². The summed E-state index contributed by atoms with van der Waals surface area (Å²) in [6.07, 6.45) is 0. The molecule has 0 aliphatic rings. The molecule has 0 amide bonds. The standard InChI is InChI=1S/C24H19FN6OS/c25-18-13-7-8-14-19(18)27-24-28-21-20(23(32)30(24)26)22(33-15-16-9-3-1-4-10-16)29-31(21)17-11-5-2-6-12-17/h1-14H,15,26H2,(H,27,28). The van der Waals surface area contributed by atoms with Crippen molar-refractivity contribution in [2.75, 3.05) is 11.2 Å². The molecule has 3 aromatic carbocycles. The SMILES string of the molecule is Nn1c(Nc2ccccc2F)nc2c(c(SCc3ccccc3)nn2-c2ccccc2)c1=O. The first-order valence-corrected chi connectivity index (χ1v) is 11.1. The number of hydrogen-bond acceptors (Lipinski definition) is 6. The summed E-state index contributed by atoms with van der Waals surface area (Å²) in [4.78, 5) is 17.9. The number of nitrogen functional groups attached to an aromatic ring is 1. The molecule has 0 radical (unpaired) electrons. The number of nitrogens with two attached hydrogens (primary N) is 1. The van der Waals surface area contributed by atoms with Gasteiger partial charge in [0.05, 0.1) is 11.4 Å². The smallest absolute Gasteiger partial charge is 0.285 e. The van der Waals surface area contributed by atoms with Crippen molar-refractivity contribution in [1.82, 2.24) is 19.4 Å². The lowest BCUT2D eigenvalue weighted by atomic mass is 10.2. The van der Waals surface area contributed by atoms with E-state index in [9.17, 15) is 9.18 Å². The molecule has 0 atom stereocenters. The van der Waals surface area contributed by atoms with Crippen molar-refractivity contribution in [2.24, 2.45) is 0 Å². The van der Waals surface area contributed by atoms with Gasteiger partial charge in [-0.1, -0.05) is 72.4 Å². The van der Waals surface area contributed by atoms with Gasteiger partial charge in [0, 0.05) is 5.75 Å². The number of nitrogens with one attached hydrogen (secondary N) is 1. The average Bonchev–Trinajstić information content (AvgIpc) is 3.22. The quantitative estimate of drug-likeness (QED) is 0.288. The van der Waals surface area contributed by atoms with Crippen LogP contribution < -0.4 is 16.7 Å². The summed E-state index contributed by atoms with van der Waals surface area (Å²) in [5, 5.41) is 8.34. The van der Waals surface area contributed by atoms with E-state index in [1.807, 2.05) is 60.7 Å². The summed E-state index contributed by atoms with van der Waals surface area (Å²) in [7, 11) is 0. The number of nitrogens with zero attached hydrogens (tertiary/aromatic N) is 4. The van der Waals surface area contributed by atoms with Crippen LogP contribution in [0, 0.1) is 5.82 Å². The lowest BCUT2D eigenvalue weighted by molar-refractivity contribution is 0.631. The molecule has 0 spiro atoms. The van der Waals surface area contributed by atoms with Gasteiger partial charge >= 0.3 is 0 Å². The van der Waals surface area contributed by atoms with Crippen LogP contribution in [-0.2, 0) is 5.75 Å². The van der Waals surface area contributed by atoms with Gasteiger partial charge in [0.25, 0.3) is 5.56 Å². The van der Waals surface area contributed by atoms with Crippen LogP contribution >= 0.6 is 11.8 Å². The number of fused-ring (bicyclic) bond motifs is 1. The lowest BCUT2D eigenvalue weighted by Gasteiger charge is -2.11. The second-order valence-electron chi connectivity index (χ2n) is 7.24. The Kier molecular flexibility index (Phi) is 5.54. The third-order valence-corrected chi connectivity index (χ3v) is 6.08. The highest BCUT2D eigenvalue weighted by Gasteiger charge is 2.21. The lowest BCUT2D eigenvalue weighted by Crippen LogP contribution is -2.30. The molecule has 0 bridgehead atoms. The molecule has 2 aromatic heterocycles. The molecule has 2 heterocycles. The number of aromatic nitrogens is 4. The van der Waals surface area contributed by atoms with Crippen molar-refractivity contribution in [2.45, 2.75) is 10.8 Å². The fourth-order valence-electron chi connectivity index (χ4n) is 3.40. The first-order valence-electron chi connectivity index (χ1n) is 10.2. The fraction of sp³-hybridized carbons (Fsp3) is 0.0417. The Labute approximate surface area is 192 Å². The predicted octanol–water partition coefficient (Wildman–Crippen LogP) is 4.47. The number of hydrogen-bond donors (Lipinski definition) is 2. The number of thioether (sulfide) groups is 1. The molecule has 0 saturated heterocycles. The van der Waals surface area contributed by atoms with E-state index < -0.39 is 11.4 Å². The van der Waals surface area contributed by atoms with Gasteiger partial charge in [0.15, 0.2) is 5.65 Å². The van der Waals surface area contributed by atoms with Crippen LogP contribution in [0.3, 0.4) is 0 Å². The Morgan fingerprint density at radius 1 is 0.939 bits per heavy atom. The third-order valence-electron chi connectivity index (χ3n) is 5.04. The number of rotatable bonds is 6. The highest BCUT2D eigenvalue weighted by atomic mass is 32.2. The minimum absolute atomic E-state index is 0.00860. The van der Waals surface area contributed by atoms with Crippen molar-refractivity contribution in [3.05, 3.63) is 107 Å². The maximum atomic E-state index is 14.2. The summed E-state index contributed by atoms with van der Waals surface area (Å²) in [5.74, 6) is 6.23. The molecule has 0 fully saturated rings. The van der Waals surface area contributed by atoms with E-state index >= 15 is 0 Å². The van der Waals surface area contributed by atoms with E-state index in [0.29, 0.717) is 21.8 Å². The van der Waals surface area contributed by atoms with Crippen molar-refractivity contribution in [3.8, 4) is 5.69 Å². The molecule has 9 heteroatoms. The Balaban J connectivity index is 1.65. The Hall–Kier alpha value is -4.11. The molecule has 0 aliphatic carbocycles. The molecule has 33 heavy (non-hydrogen) atoms. The van der Waals surface area contributed by atoms with Crippen LogP contribution in [-0.4, -0.2) is 19.4 Å². The first-order chi connectivity index (χ1) is 16.1. The average molecular weight is 459 g/mol. The van der Waals surface area contributed by atoms with Gasteiger partial charge in [-0.3, -0.25) is 4.79 Å². The minimum Gasteiger partial charge on any atom is -0.333 e. The zero-order valence-corrected chi connectivity index (χ0v) is 18.2. The van der Waals surface area contributed by atoms with Crippen molar-refractivity contribution in [1.29, 1.82) is 0 Å². The fourth-order valence-corrected chi connectivity index (χ4v) is 4.36. The Morgan fingerprint density at radius 2 is 1.61 bits per heavy atom. The highest BCUT2D eigenvalue weighted by Crippen LogP contribution is 2.29. The molecule has 164 valence electrons. The van der Waals surface area contributed by atoms with E-state index in [1.54, 1.807) is 22.9 Å². The normalized spacial score (nSPS) is 11.1. The largest absolute Gasteiger partial charge is 0.333 e. The number of para-hydroxylation sites is 2. The maximum Gasteiger partial charge on any atom is 0.285 e. The van der Waals surface area contributed by atoms with Crippen LogP contribution in [0.4, 0.5) is 16.0 Å². The Morgan fingerprint density at radius 3 is 2.33 bits per heavy atom. The van der Waals surface area contributed by atoms with E-state index in [0.717, 1.165) is 15.9 Å². The molecule has 5 rings (SSSR count). The second kappa shape index (κ2) is 8.79. The third kappa shape index (κ3) is 4.06. The van der Waals surface area contributed by atoms with Crippen LogP contribution in [0.5, 0.6) is 0 Å². The zero-order chi connectivity index (χ0) is 22.8. The van der Waals surface area contributed by atoms with E-state index in [1.165, 1.54) is 17.8 Å². The molecule has 0 aliphatic heterocycles. The monoisotopic (exact) mass is 458 g/mol. The second-order valence-corrected chi connectivity index (χ2v) is 8.20. The topological polar surface area (TPSA) is 90.8 Å². The Bertz CT molecular complexity index is 1480. The number of halogens is 1. The molecule has 0 saturated carbocycles. The van der Waals surface area contributed by atoms with Crippen LogP contribution in [0.2, 0.25) is 0 Å². The first kappa shape index (κ1) is 20.8. The molecule has 0 unspecified atom stereocenters. The van der Waals surface area contributed by atoms with Gasteiger partial charge in [0.2, 0.25) is 5.95 Å². The van der Waals surface area contributed by atoms with E-state index in [-0.39, 0.29) is 11.6 Å². The molecular formula is C24H19FN6OS. The van der Waals surface area contributed by atoms with E-state index in [4.69, 9.17) is 5.84 Å². The predicted molar refractivity (Wildman–Crippen MR) is 129 cm³/mol. The van der Waals surface area contributed by atoms with Gasteiger partial charge in [-0.2, -0.15) is 14.8 Å². The summed E-state index contributed by atoms with van der Waals surface area (Å²) >= 11 is 1.43. The zero-order valence-electron chi connectivity index (χ0n) is 17.4. The van der Waals surface area contributed by atoms with Gasteiger partial charge in [0.1, 0.15) is 16.2 Å². The molecular weight excluding hydrogens is 439 g/mol. The molecule has 5 aromatic rings. The van der Waals surface area contributed by atoms with Crippen LogP contribution in [0.15, 0.2) is 94.7 Å².